The van der Waals surface area contributed by atoms with Crippen molar-refractivity contribution in [3.05, 3.63) is 46.7 Å². The molecule has 0 saturated carbocycles. The summed E-state index contributed by atoms with van der Waals surface area (Å²) >= 11 is 1.60. The highest BCUT2D eigenvalue weighted by atomic mass is 32.2. The van der Waals surface area contributed by atoms with Crippen LogP contribution in [0.25, 0.3) is 11.1 Å². The van der Waals surface area contributed by atoms with Crippen LogP contribution in [-0.4, -0.2) is 39.3 Å². The number of hydrogen-bond donors (Lipinski definition) is 0. The summed E-state index contributed by atoms with van der Waals surface area (Å²) in [5, 5.41) is 2.08. The average Bonchev–Trinajstić information content (AvgIpc) is 3.28. The summed E-state index contributed by atoms with van der Waals surface area (Å²) < 4.78 is 41.0. The highest BCUT2D eigenvalue weighted by molar-refractivity contribution is 7.86. The fourth-order valence-corrected chi connectivity index (χ4v) is 4.88. The standard InChI is InChI=1S/C20H26O5S2/c1-4-20(5-2)23-13-19(24-20)18(25-27(3,21)22)12-17-11-16(14-26-17)15-9-7-6-8-10-15/h6-11,14,18-19H,4-5,12-13H2,1-3H3/t18-,19-/m1/s1. The Labute approximate surface area is 165 Å². The first-order chi connectivity index (χ1) is 12.8. The molecule has 2 aromatic rings. The quantitative estimate of drug-likeness (QED) is 0.609. The van der Waals surface area contributed by atoms with E-state index >= 15 is 0 Å². The zero-order valence-corrected chi connectivity index (χ0v) is 17.5. The van der Waals surface area contributed by atoms with Gasteiger partial charge in [0.25, 0.3) is 10.1 Å². The van der Waals surface area contributed by atoms with Gasteiger partial charge in [-0.2, -0.15) is 8.42 Å². The van der Waals surface area contributed by atoms with Crippen LogP contribution in [0.2, 0.25) is 0 Å². The van der Waals surface area contributed by atoms with Crippen molar-refractivity contribution in [3.63, 3.8) is 0 Å². The Kier molecular flexibility index (Phi) is 6.38. The summed E-state index contributed by atoms with van der Waals surface area (Å²) in [4.78, 5) is 1.05. The van der Waals surface area contributed by atoms with Crippen LogP contribution in [0.5, 0.6) is 0 Å². The van der Waals surface area contributed by atoms with Gasteiger partial charge in [0, 0.05) is 11.3 Å². The van der Waals surface area contributed by atoms with Crippen LogP contribution in [-0.2, 0) is 30.2 Å². The molecule has 7 heteroatoms. The largest absolute Gasteiger partial charge is 0.347 e. The molecule has 0 spiro atoms. The Morgan fingerprint density at radius 3 is 2.52 bits per heavy atom. The number of ether oxygens (including phenoxy) is 2. The fraction of sp³-hybridized carbons (Fsp3) is 0.500. The van der Waals surface area contributed by atoms with Crippen molar-refractivity contribution in [2.75, 3.05) is 12.9 Å². The first-order valence-corrected chi connectivity index (χ1v) is 11.9. The minimum absolute atomic E-state index is 0.332. The third-order valence-electron chi connectivity index (χ3n) is 4.83. The van der Waals surface area contributed by atoms with Gasteiger partial charge in [0.2, 0.25) is 0 Å². The average molecular weight is 411 g/mol. The van der Waals surface area contributed by atoms with Crippen molar-refractivity contribution in [2.24, 2.45) is 0 Å². The van der Waals surface area contributed by atoms with Crippen LogP contribution in [0.1, 0.15) is 31.6 Å². The maximum absolute atomic E-state index is 11.8. The van der Waals surface area contributed by atoms with Gasteiger partial charge in [-0.25, -0.2) is 0 Å². The first kappa shape index (κ1) is 20.5. The van der Waals surface area contributed by atoms with Crippen molar-refractivity contribution in [3.8, 4) is 11.1 Å². The Hall–Kier alpha value is -1.25. The van der Waals surface area contributed by atoms with E-state index in [0.717, 1.165) is 22.3 Å². The molecule has 0 unspecified atom stereocenters. The minimum Gasteiger partial charge on any atom is -0.347 e. The van der Waals surface area contributed by atoms with E-state index in [1.165, 1.54) is 0 Å². The molecule has 1 fully saturated rings. The summed E-state index contributed by atoms with van der Waals surface area (Å²) in [6.07, 6.45) is 1.93. The third kappa shape index (κ3) is 5.18. The Morgan fingerprint density at radius 1 is 1.22 bits per heavy atom. The van der Waals surface area contributed by atoms with Gasteiger partial charge in [0.1, 0.15) is 12.2 Å². The Balaban J connectivity index is 1.78. The van der Waals surface area contributed by atoms with E-state index in [9.17, 15) is 8.42 Å². The maximum Gasteiger partial charge on any atom is 0.264 e. The lowest BCUT2D eigenvalue weighted by Crippen LogP contribution is -2.37. The molecule has 1 aliphatic heterocycles. The van der Waals surface area contributed by atoms with E-state index in [0.29, 0.717) is 25.9 Å². The SMILES string of the molecule is CCC1(CC)OC[C@H]([C@@H](Cc2cc(-c3ccccc3)cs2)OS(C)(=O)=O)O1. The van der Waals surface area contributed by atoms with Gasteiger partial charge in [-0.05, 0) is 35.4 Å². The van der Waals surface area contributed by atoms with Gasteiger partial charge in [0.05, 0.1) is 12.9 Å². The second-order valence-electron chi connectivity index (χ2n) is 6.80. The normalized spacial score (nSPS) is 20.6. The smallest absolute Gasteiger partial charge is 0.264 e. The zero-order valence-electron chi connectivity index (χ0n) is 15.9. The molecule has 0 radical (unpaired) electrons. The molecule has 5 nitrogen and oxygen atoms in total. The molecule has 0 N–H and O–H groups in total. The second kappa shape index (κ2) is 8.41. The second-order valence-corrected chi connectivity index (χ2v) is 9.39. The Bertz CT molecular complexity index is 840. The summed E-state index contributed by atoms with van der Waals surface area (Å²) in [6.45, 7) is 4.34. The predicted molar refractivity (Wildman–Crippen MR) is 107 cm³/mol. The number of hydrogen-bond acceptors (Lipinski definition) is 6. The number of thiophene rings is 1. The first-order valence-electron chi connectivity index (χ1n) is 9.17. The zero-order chi connectivity index (χ0) is 19.5. The van der Waals surface area contributed by atoms with Crippen molar-refractivity contribution in [1.82, 2.24) is 0 Å². The lowest BCUT2D eigenvalue weighted by Gasteiger charge is -2.27. The summed E-state index contributed by atoms with van der Waals surface area (Å²) in [5.74, 6) is -0.644. The summed E-state index contributed by atoms with van der Waals surface area (Å²) in [7, 11) is -3.61. The molecule has 2 heterocycles. The Morgan fingerprint density at radius 2 is 1.93 bits per heavy atom. The molecule has 2 atom stereocenters. The van der Waals surface area contributed by atoms with Crippen LogP contribution in [0, 0.1) is 0 Å². The van der Waals surface area contributed by atoms with E-state index in [1.54, 1.807) is 11.3 Å². The minimum atomic E-state index is -3.61. The van der Waals surface area contributed by atoms with Crippen LogP contribution in [0.3, 0.4) is 0 Å². The van der Waals surface area contributed by atoms with E-state index < -0.39 is 28.1 Å². The van der Waals surface area contributed by atoms with Crippen LogP contribution in [0.15, 0.2) is 41.8 Å². The molecule has 148 valence electrons. The van der Waals surface area contributed by atoms with Gasteiger partial charge in [-0.15, -0.1) is 11.3 Å². The van der Waals surface area contributed by atoms with E-state index in [-0.39, 0.29) is 0 Å². The molecule has 0 aliphatic carbocycles. The van der Waals surface area contributed by atoms with Crippen molar-refractivity contribution in [1.29, 1.82) is 0 Å². The van der Waals surface area contributed by atoms with Crippen LogP contribution < -0.4 is 0 Å². The number of benzene rings is 1. The van der Waals surface area contributed by atoms with Gasteiger partial charge >= 0.3 is 0 Å². The monoisotopic (exact) mass is 410 g/mol. The molecule has 3 rings (SSSR count). The lowest BCUT2D eigenvalue weighted by molar-refractivity contribution is -0.179. The van der Waals surface area contributed by atoms with Gasteiger partial charge < -0.3 is 9.47 Å². The van der Waals surface area contributed by atoms with Crippen molar-refractivity contribution in [2.45, 2.75) is 51.1 Å². The van der Waals surface area contributed by atoms with Crippen molar-refractivity contribution >= 4 is 21.5 Å². The molecule has 0 amide bonds. The molecule has 0 bridgehead atoms. The molecule has 1 aliphatic rings. The summed E-state index contributed by atoms with van der Waals surface area (Å²) in [6, 6.07) is 12.2. The van der Waals surface area contributed by atoms with E-state index in [2.05, 4.69) is 23.6 Å². The van der Waals surface area contributed by atoms with E-state index in [4.69, 9.17) is 13.7 Å². The fourth-order valence-electron chi connectivity index (χ4n) is 3.30. The summed E-state index contributed by atoms with van der Waals surface area (Å²) in [5.41, 5.74) is 2.26. The van der Waals surface area contributed by atoms with E-state index in [1.807, 2.05) is 32.0 Å². The topological polar surface area (TPSA) is 61.8 Å². The molecule has 1 aromatic heterocycles. The molecular formula is C20H26O5S2. The number of rotatable bonds is 8. The molecular weight excluding hydrogens is 384 g/mol. The highest BCUT2D eigenvalue weighted by Gasteiger charge is 2.43. The van der Waals surface area contributed by atoms with Crippen molar-refractivity contribution < 1.29 is 22.1 Å². The highest BCUT2D eigenvalue weighted by Crippen LogP contribution is 2.34. The predicted octanol–water partition coefficient (Wildman–Crippen LogP) is 4.23. The van der Waals surface area contributed by atoms with Gasteiger partial charge in [-0.1, -0.05) is 44.2 Å². The maximum atomic E-state index is 11.8. The molecule has 1 aromatic carbocycles. The van der Waals surface area contributed by atoms with Gasteiger partial charge in [0.15, 0.2) is 5.79 Å². The lowest BCUT2D eigenvalue weighted by atomic mass is 10.1. The third-order valence-corrected chi connectivity index (χ3v) is 6.39. The van der Waals surface area contributed by atoms with Gasteiger partial charge in [-0.3, -0.25) is 4.18 Å². The van der Waals surface area contributed by atoms with Crippen LogP contribution >= 0.6 is 11.3 Å². The molecule has 27 heavy (non-hydrogen) atoms. The molecule has 1 saturated heterocycles. The van der Waals surface area contributed by atoms with Crippen LogP contribution in [0.4, 0.5) is 0 Å².